The van der Waals surface area contributed by atoms with E-state index in [1.165, 1.54) is 17.0 Å². The maximum Gasteiger partial charge on any atom is 0.264 e. The van der Waals surface area contributed by atoms with Gasteiger partial charge in [-0.2, -0.15) is 0 Å². The first kappa shape index (κ1) is 31.2. The Hall–Kier alpha value is -3.37. The second-order valence-electron chi connectivity index (χ2n) is 10.3. The summed E-state index contributed by atoms with van der Waals surface area (Å²) in [5, 5.41) is 2.92. The van der Waals surface area contributed by atoms with Crippen molar-refractivity contribution in [1.29, 1.82) is 0 Å². The van der Waals surface area contributed by atoms with E-state index in [1.54, 1.807) is 49.4 Å². The monoisotopic (exact) mass is 629 g/mol. The molecule has 0 bridgehead atoms. The van der Waals surface area contributed by atoms with Crippen LogP contribution in [0.4, 0.5) is 5.69 Å². The zero-order valence-electron chi connectivity index (χ0n) is 23.4. The zero-order chi connectivity index (χ0) is 29.5. The molecule has 10 heteroatoms. The molecule has 8 nitrogen and oxygen atoms in total. The molecule has 1 N–H and O–H groups in total. The van der Waals surface area contributed by atoms with Crippen molar-refractivity contribution in [2.45, 2.75) is 57.6 Å². The number of halogens is 1. The third-order valence-corrected chi connectivity index (χ3v) is 8.23. The zero-order valence-corrected chi connectivity index (χ0v) is 25.8. The van der Waals surface area contributed by atoms with Gasteiger partial charge in [0.1, 0.15) is 18.3 Å². The van der Waals surface area contributed by atoms with Crippen LogP contribution in [0.3, 0.4) is 0 Å². The molecule has 3 rings (SSSR count). The summed E-state index contributed by atoms with van der Waals surface area (Å²) < 4.78 is 35.1. The van der Waals surface area contributed by atoms with Crippen LogP contribution in [-0.2, 0) is 26.2 Å². The second kappa shape index (κ2) is 13.3. The van der Waals surface area contributed by atoms with Crippen molar-refractivity contribution in [1.82, 2.24) is 10.2 Å². The highest BCUT2D eigenvalue weighted by molar-refractivity contribution is 9.10. The Labute approximate surface area is 245 Å². The summed E-state index contributed by atoms with van der Waals surface area (Å²) in [6.07, 6.45) is 0. The molecule has 0 saturated heterocycles. The minimum atomic E-state index is -4.13. The minimum Gasteiger partial charge on any atom is -0.494 e. The molecule has 0 aliphatic carbocycles. The fourth-order valence-electron chi connectivity index (χ4n) is 4.01. The normalized spacial score (nSPS) is 12.3. The Morgan fingerprint density at radius 3 is 2.20 bits per heavy atom. The van der Waals surface area contributed by atoms with Crippen molar-refractivity contribution in [3.63, 3.8) is 0 Å². The molecule has 214 valence electrons. The third kappa shape index (κ3) is 8.32. The predicted molar refractivity (Wildman–Crippen MR) is 161 cm³/mol. The Morgan fingerprint density at radius 1 is 0.975 bits per heavy atom. The number of carbonyl (C=O) groups excluding carboxylic acids is 2. The molecule has 0 fully saturated rings. The molecule has 0 aliphatic heterocycles. The van der Waals surface area contributed by atoms with Crippen LogP contribution in [0.1, 0.15) is 40.2 Å². The highest BCUT2D eigenvalue weighted by Gasteiger charge is 2.33. The Morgan fingerprint density at radius 2 is 1.62 bits per heavy atom. The van der Waals surface area contributed by atoms with Gasteiger partial charge in [0.05, 0.1) is 17.2 Å². The van der Waals surface area contributed by atoms with E-state index >= 15 is 0 Å². The number of anilines is 1. The highest BCUT2D eigenvalue weighted by Crippen LogP contribution is 2.27. The first-order valence-corrected chi connectivity index (χ1v) is 15.2. The fraction of sp³-hybridized carbons (Fsp3) is 0.333. The van der Waals surface area contributed by atoms with Gasteiger partial charge in [-0.15, -0.1) is 0 Å². The predicted octanol–water partition coefficient (Wildman–Crippen LogP) is 5.38. The largest absolute Gasteiger partial charge is 0.494 e. The molecule has 0 aromatic heterocycles. The van der Waals surface area contributed by atoms with Gasteiger partial charge >= 0.3 is 0 Å². The molecular weight excluding hydrogens is 594 g/mol. The Balaban J connectivity index is 2.03. The van der Waals surface area contributed by atoms with Crippen molar-refractivity contribution < 1.29 is 22.7 Å². The number of hydrogen-bond acceptors (Lipinski definition) is 5. The Kier molecular flexibility index (Phi) is 10.4. The molecule has 40 heavy (non-hydrogen) atoms. The van der Waals surface area contributed by atoms with Gasteiger partial charge in [0.25, 0.3) is 10.0 Å². The smallest absolute Gasteiger partial charge is 0.264 e. The molecular formula is C30H36BrN3O5S. The molecule has 2 amide bonds. The third-order valence-electron chi connectivity index (χ3n) is 5.95. The van der Waals surface area contributed by atoms with Crippen molar-refractivity contribution in [3.8, 4) is 5.75 Å². The van der Waals surface area contributed by atoms with Crippen molar-refractivity contribution in [2.75, 3.05) is 17.5 Å². The molecule has 0 aliphatic rings. The average molecular weight is 631 g/mol. The van der Waals surface area contributed by atoms with E-state index in [4.69, 9.17) is 4.74 Å². The van der Waals surface area contributed by atoms with Crippen molar-refractivity contribution >= 4 is 43.5 Å². The average Bonchev–Trinajstić information content (AvgIpc) is 2.90. The quantitative estimate of drug-likeness (QED) is 0.307. The lowest BCUT2D eigenvalue weighted by Crippen LogP contribution is -2.54. The van der Waals surface area contributed by atoms with Gasteiger partial charge in [-0.25, -0.2) is 8.42 Å². The van der Waals surface area contributed by atoms with Gasteiger partial charge in [0, 0.05) is 16.6 Å². The van der Waals surface area contributed by atoms with E-state index < -0.39 is 34.1 Å². The van der Waals surface area contributed by atoms with E-state index in [-0.39, 0.29) is 17.3 Å². The van der Waals surface area contributed by atoms with Crippen LogP contribution in [0, 0.1) is 0 Å². The number of nitrogens with zero attached hydrogens (tertiary/aromatic N) is 2. The van der Waals surface area contributed by atoms with E-state index in [0.717, 1.165) is 14.3 Å². The molecule has 0 heterocycles. The summed E-state index contributed by atoms with van der Waals surface area (Å²) in [5.74, 6) is -0.280. The lowest BCUT2D eigenvalue weighted by molar-refractivity contribution is -0.140. The first-order chi connectivity index (χ1) is 18.8. The van der Waals surface area contributed by atoms with Crippen LogP contribution in [0.2, 0.25) is 0 Å². The molecule has 0 radical (unpaired) electrons. The minimum absolute atomic E-state index is 0.0498. The second-order valence-corrected chi connectivity index (χ2v) is 13.1. The van der Waals surface area contributed by atoms with E-state index in [2.05, 4.69) is 21.2 Å². The van der Waals surface area contributed by atoms with Gasteiger partial charge in [-0.1, -0.05) is 46.3 Å². The van der Waals surface area contributed by atoms with E-state index in [1.807, 2.05) is 52.0 Å². The van der Waals surface area contributed by atoms with E-state index in [9.17, 15) is 18.0 Å². The lowest BCUT2D eigenvalue weighted by atomic mass is 10.1. The van der Waals surface area contributed by atoms with Gasteiger partial charge < -0.3 is 15.0 Å². The number of carbonyl (C=O) groups is 2. The molecule has 3 aromatic carbocycles. The van der Waals surface area contributed by atoms with Gasteiger partial charge in [0.2, 0.25) is 11.8 Å². The van der Waals surface area contributed by atoms with E-state index in [0.29, 0.717) is 18.0 Å². The molecule has 0 unspecified atom stereocenters. The molecule has 0 saturated carbocycles. The number of sulfonamides is 1. The SMILES string of the molecule is CCOc1ccc(N(CC(=O)N(Cc2cccc(Br)c2)[C@H](C)C(=O)NC(C)(C)C)S(=O)(=O)c2ccccc2)cc1. The topological polar surface area (TPSA) is 96.0 Å². The van der Waals surface area contributed by atoms with Crippen molar-refractivity contribution in [3.05, 3.63) is 88.9 Å². The fourth-order valence-corrected chi connectivity index (χ4v) is 5.89. The number of benzene rings is 3. The van der Waals surface area contributed by atoms with Gasteiger partial charge in [-0.05, 0) is 88.7 Å². The van der Waals surface area contributed by atoms with Crippen LogP contribution >= 0.6 is 15.9 Å². The summed E-state index contributed by atoms with van der Waals surface area (Å²) >= 11 is 3.45. The summed E-state index contributed by atoms with van der Waals surface area (Å²) in [7, 11) is -4.13. The summed E-state index contributed by atoms with van der Waals surface area (Å²) in [6.45, 7) is 9.14. The standard InChI is InChI=1S/C30H36BrN3O5S/c1-6-39-26-17-15-25(16-18-26)34(40(37,38)27-13-8-7-9-14-27)21-28(35)33(20-23-11-10-12-24(31)19-23)22(2)29(36)32-30(3,4)5/h7-19,22H,6,20-21H2,1-5H3,(H,32,36)/t22-/m1/s1. The molecule has 1 atom stereocenters. The maximum atomic E-state index is 14.0. The summed E-state index contributed by atoms with van der Waals surface area (Å²) in [5.41, 5.74) is 0.576. The maximum absolute atomic E-state index is 14.0. The van der Waals surface area contributed by atoms with Gasteiger partial charge in [0.15, 0.2) is 0 Å². The Bertz CT molecular complexity index is 1410. The van der Waals surface area contributed by atoms with Crippen LogP contribution in [-0.4, -0.2) is 49.9 Å². The van der Waals surface area contributed by atoms with Crippen molar-refractivity contribution in [2.24, 2.45) is 0 Å². The number of rotatable bonds is 11. The van der Waals surface area contributed by atoms with Crippen LogP contribution in [0.15, 0.2) is 88.2 Å². The van der Waals surface area contributed by atoms with Crippen LogP contribution in [0.25, 0.3) is 0 Å². The molecule has 3 aromatic rings. The molecule has 0 spiro atoms. The number of hydrogen-bond donors (Lipinski definition) is 1. The number of ether oxygens (including phenoxy) is 1. The highest BCUT2D eigenvalue weighted by atomic mass is 79.9. The van der Waals surface area contributed by atoms with Gasteiger partial charge in [-0.3, -0.25) is 13.9 Å². The first-order valence-electron chi connectivity index (χ1n) is 13.0. The number of nitrogens with one attached hydrogen (secondary N) is 1. The lowest BCUT2D eigenvalue weighted by Gasteiger charge is -2.33. The van der Waals surface area contributed by atoms with Crippen LogP contribution in [0.5, 0.6) is 5.75 Å². The van der Waals surface area contributed by atoms with Crippen LogP contribution < -0.4 is 14.4 Å². The summed E-state index contributed by atoms with van der Waals surface area (Å²) in [4.78, 5) is 28.6. The number of amides is 2. The summed E-state index contributed by atoms with van der Waals surface area (Å²) in [6, 6.07) is 21.0.